The Hall–Kier alpha value is -1.80. The van der Waals surface area contributed by atoms with Crippen molar-refractivity contribution < 1.29 is 0 Å². The number of benzene rings is 2. The summed E-state index contributed by atoms with van der Waals surface area (Å²) in [5.74, 6) is 0.613. The van der Waals surface area contributed by atoms with Crippen LogP contribution in [0.1, 0.15) is 29.9 Å². The Morgan fingerprint density at radius 1 is 1.00 bits per heavy atom. The average molecular weight is 294 g/mol. The molecule has 0 N–H and O–H groups in total. The Morgan fingerprint density at radius 3 is 2.45 bits per heavy atom. The van der Waals surface area contributed by atoms with Crippen LogP contribution in [0, 0.1) is 0 Å². The molecule has 1 unspecified atom stereocenters. The van der Waals surface area contributed by atoms with Crippen LogP contribution in [0.25, 0.3) is 0 Å². The van der Waals surface area contributed by atoms with Gasteiger partial charge in [-0.05, 0) is 69.1 Å². The van der Waals surface area contributed by atoms with Crippen molar-refractivity contribution >= 4 is 11.4 Å². The van der Waals surface area contributed by atoms with E-state index in [2.05, 4.69) is 79.5 Å². The summed E-state index contributed by atoms with van der Waals surface area (Å²) in [7, 11) is 6.51. The Morgan fingerprint density at radius 2 is 1.68 bits per heavy atom. The maximum absolute atomic E-state index is 2.36. The first-order chi connectivity index (χ1) is 10.7. The molecule has 1 heterocycles. The lowest BCUT2D eigenvalue weighted by molar-refractivity contribution is 0.384. The number of anilines is 2. The van der Waals surface area contributed by atoms with E-state index in [4.69, 9.17) is 0 Å². The van der Waals surface area contributed by atoms with Gasteiger partial charge in [0.15, 0.2) is 0 Å². The number of hydrogen-bond donors (Lipinski definition) is 0. The van der Waals surface area contributed by atoms with Crippen LogP contribution < -0.4 is 4.90 Å². The minimum atomic E-state index is 0.613. The van der Waals surface area contributed by atoms with E-state index in [0.717, 1.165) is 13.0 Å². The monoisotopic (exact) mass is 294 g/mol. The summed E-state index contributed by atoms with van der Waals surface area (Å²) in [5.41, 5.74) is 5.68. The largest absolute Gasteiger partial charge is 0.344 e. The summed E-state index contributed by atoms with van der Waals surface area (Å²) >= 11 is 0. The average Bonchev–Trinajstić information content (AvgIpc) is 2.64. The molecule has 0 aromatic heterocycles. The summed E-state index contributed by atoms with van der Waals surface area (Å²) in [5, 5.41) is 0. The molecule has 3 rings (SSSR count). The van der Waals surface area contributed by atoms with Crippen LogP contribution in [0.4, 0.5) is 11.4 Å². The van der Waals surface area contributed by atoms with E-state index in [-0.39, 0.29) is 0 Å². The van der Waals surface area contributed by atoms with Gasteiger partial charge in [-0.3, -0.25) is 0 Å². The van der Waals surface area contributed by atoms with E-state index < -0.39 is 0 Å². The predicted molar refractivity (Wildman–Crippen MR) is 95.2 cm³/mol. The van der Waals surface area contributed by atoms with Crippen molar-refractivity contribution in [3.63, 3.8) is 0 Å². The SMILES string of the molecule is CN(C)CCCC1Cc2ccccc2N(C)c2ccccc21. The molecule has 0 radical (unpaired) electrons. The van der Waals surface area contributed by atoms with Gasteiger partial charge in [-0.2, -0.15) is 0 Å². The van der Waals surface area contributed by atoms with Crippen LogP contribution in [0.2, 0.25) is 0 Å². The molecule has 1 aliphatic heterocycles. The molecule has 2 nitrogen and oxygen atoms in total. The molecule has 0 bridgehead atoms. The minimum absolute atomic E-state index is 0.613. The Balaban J connectivity index is 1.95. The molecule has 2 heteroatoms. The molecule has 0 aliphatic carbocycles. The number of rotatable bonds is 4. The van der Waals surface area contributed by atoms with Gasteiger partial charge >= 0.3 is 0 Å². The topological polar surface area (TPSA) is 6.48 Å². The molecule has 0 saturated carbocycles. The zero-order valence-electron chi connectivity index (χ0n) is 13.9. The second kappa shape index (κ2) is 6.53. The van der Waals surface area contributed by atoms with Gasteiger partial charge in [-0.15, -0.1) is 0 Å². The second-order valence-corrected chi connectivity index (χ2v) is 6.59. The smallest absolute Gasteiger partial charge is 0.0443 e. The normalized spacial score (nSPS) is 17.1. The third kappa shape index (κ3) is 3.02. The first-order valence-electron chi connectivity index (χ1n) is 8.22. The van der Waals surface area contributed by atoms with Gasteiger partial charge in [0.1, 0.15) is 0 Å². The summed E-state index contributed by atoms with van der Waals surface area (Å²) < 4.78 is 0. The van der Waals surface area contributed by atoms with Gasteiger partial charge < -0.3 is 9.80 Å². The zero-order valence-corrected chi connectivity index (χ0v) is 13.9. The highest BCUT2D eigenvalue weighted by molar-refractivity contribution is 5.71. The number of para-hydroxylation sites is 2. The second-order valence-electron chi connectivity index (χ2n) is 6.59. The molecule has 0 fully saturated rings. The van der Waals surface area contributed by atoms with Crippen molar-refractivity contribution in [2.75, 3.05) is 32.6 Å². The van der Waals surface area contributed by atoms with Crippen LogP contribution in [0.15, 0.2) is 48.5 Å². The van der Waals surface area contributed by atoms with Crippen LogP contribution >= 0.6 is 0 Å². The van der Waals surface area contributed by atoms with Gasteiger partial charge in [-0.1, -0.05) is 36.4 Å². The van der Waals surface area contributed by atoms with E-state index in [1.165, 1.54) is 35.3 Å². The van der Waals surface area contributed by atoms with Crippen molar-refractivity contribution in [1.82, 2.24) is 4.90 Å². The lowest BCUT2D eigenvalue weighted by atomic mass is 9.88. The predicted octanol–water partition coefficient (Wildman–Crippen LogP) is 4.44. The molecule has 0 saturated heterocycles. The van der Waals surface area contributed by atoms with E-state index in [1.807, 2.05) is 0 Å². The van der Waals surface area contributed by atoms with Crippen molar-refractivity contribution in [3.8, 4) is 0 Å². The Kier molecular flexibility index (Phi) is 4.49. The standard InChI is InChI=1S/C20H26N2/c1-21(2)14-8-10-16-15-17-9-4-6-12-19(17)22(3)20-13-7-5-11-18(16)20/h4-7,9,11-13,16H,8,10,14-15H2,1-3H3. The fourth-order valence-electron chi connectivity index (χ4n) is 3.57. The van der Waals surface area contributed by atoms with E-state index in [0.29, 0.717) is 5.92 Å². The Labute approximate surface area is 134 Å². The molecule has 1 aliphatic rings. The maximum atomic E-state index is 2.36. The number of nitrogens with zero attached hydrogens (tertiary/aromatic N) is 2. The summed E-state index contributed by atoms with van der Waals surface area (Å²) in [4.78, 5) is 4.64. The van der Waals surface area contributed by atoms with Gasteiger partial charge in [0, 0.05) is 18.4 Å². The number of fused-ring (bicyclic) bond motifs is 2. The van der Waals surface area contributed by atoms with Crippen LogP contribution in [0.5, 0.6) is 0 Å². The zero-order chi connectivity index (χ0) is 15.5. The first-order valence-corrected chi connectivity index (χ1v) is 8.22. The van der Waals surface area contributed by atoms with Crippen molar-refractivity contribution in [3.05, 3.63) is 59.7 Å². The first kappa shape index (κ1) is 15.1. The van der Waals surface area contributed by atoms with Crippen molar-refractivity contribution in [2.24, 2.45) is 0 Å². The quantitative estimate of drug-likeness (QED) is 0.822. The van der Waals surface area contributed by atoms with Gasteiger partial charge in [0.05, 0.1) is 0 Å². The molecule has 0 amide bonds. The fourth-order valence-corrected chi connectivity index (χ4v) is 3.57. The van der Waals surface area contributed by atoms with Crippen LogP contribution in [-0.2, 0) is 6.42 Å². The van der Waals surface area contributed by atoms with E-state index in [9.17, 15) is 0 Å². The van der Waals surface area contributed by atoms with Crippen molar-refractivity contribution in [1.29, 1.82) is 0 Å². The molecule has 22 heavy (non-hydrogen) atoms. The van der Waals surface area contributed by atoms with Crippen molar-refractivity contribution in [2.45, 2.75) is 25.2 Å². The Bertz CT molecular complexity index is 633. The molecular formula is C20H26N2. The van der Waals surface area contributed by atoms with Crippen LogP contribution in [0.3, 0.4) is 0 Å². The van der Waals surface area contributed by atoms with Gasteiger partial charge in [0.25, 0.3) is 0 Å². The summed E-state index contributed by atoms with van der Waals surface area (Å²) in [6.07, 6.45) is 3.64. The highest BCUT2D eigenvalue weighted by atomic mass is 15.1. The molecular weight excluding hydrogens is 268 g/mol. The molecule has 2 aromatic rings. The van der Waals surface area contributed by atoms with Gasteiger partial charge in [0.2, 0.25) is 0 Å². The lowest BCUT2D eigenvalue weighted by Crippen LogP contribution is -2.14. The number of hydrogen-bond acceptors (Lipinski definition) is 2. The highest BCUT2D eigenvalue weighted by Gasteiger charge is 2.24. The molecule has 1 atom stereocenters. The van der Waals surface area contributed by atoms with Gasteiger partial charge in [-0.25, -0.2) is 0 Å². The minimum Gasteiger partial charge on any atom is -0.344 e. The fraction of sp³-hybridized carbons (Fsp3) is 0.400. The summed E-state index contributed by atoms with van der Waals surface area (Å²) in [6.45, 7) is 1.16. The third-order valence-electron chi connectivity index (χ3n) is 4.72. The highest BCUT2D eigenvalue weighted by Crippen LogP contribution is 2.41. The molecule has 116 valence electrons. The summed E-state index contributed by atoms with van der Waals surface area (Å²) in [6, 6.07) is 17.8. The third-order valence-corrected chi connectivity index (χ3v) is 4.72. The van der Waals surface area contributed by atoms with E-state index in [1.54, 1.807) is 0 Å². The van der Waals surface area contributed by atoms with Crippen LogP contribution in [-0.4, -0.2) is 32.6 Å². The molecule has 2 aromatic carbocycles. The maximum Gasteiger partial charge on any atom is 0.0443 e. The van der Waals surface area contributed by atoms with E-state index >= 15 is 0 Å². The lowest BCUT2D eigenvalue weighted by Gasteiger charge is -2.23. The molecule has 0 spiro atoms.